The van der Waals surface area contributed by atoms with Crippen molar-refractivity contribution in [2.24, 2.45) is 5.73 Å². The minimum absolute atomic E-state index is 0.482. The molecule has 1 atom stereocenters. The van der Waals surface area contributed by atoms with Gasteiger partial charge in [0.25, 0.3) is 0 Å². The molecule has 0 aliphatic heterocycles. The quantitative estimate of drug-likeness (QED) is 0.264. The molecule has 0 saturated heterocycles. The lowest BCUT2D eigenvalue weighted by atomic mass is 10.0. The summed E-state index contributed by atoms with van der Waals surface area (Å²) in [6, 6.07) is 7.58. The zero-order chi connectivity index (χ0) is 16.9. The number of aryl methyl sites for hydroxylation is 1. The van der Waals surface area contributed by atoms with Gasteiger partial charge in [-0.2, -0.15) is 0 Å². The van der Waals surface area contributed by atoms with E-state index in [9.17, 15) is 4.79 Å². The molecule has 1 aromatic rings. The topological polar surface area (TPSA) is 61.5 Å². The summed E-state index contributed by atoms with van der Waals surface area (Å²) in [6.07, 6.45) is 10.2. The Morgan fingerprint density at radius 3 is 2.13 bits per heavy atom. The van der Waals surface area contributed by atoms with Crippen LogP contribution in [0.1, 0.15) is 70.8 Å². The van der Waals surface area contributed by atoms with Crippen LogP contribution >= 0.6 is 0 Å². The van der Waals surface area contributed by atoms with Gasteiger partial charge in [0.1, 0.15) is 5.75 Å². The van der Waals surface area contributed by atoms with E-state index in [1.807, 2.05) is 12.1 Å². The average Bonchev–Trinajstić information content (AvgIpc) is 2.50. The highest BCUT2D eigenvalue weighted by molar-refractivity contribution is 5.63. The van der Waals surface area contributed by atoms with E-state index in [1.54, 1.807) is 19.1 Å². The summed E-state index contributed by atoms with van der Waals surface area (Å²) < 4.78 is 9.76. The molecule has 1 aromatic carbocycles. The minimum Gasteiger partial charge on any atom is -0.415 e. The first-order valence-corrected chi connectivity index (χ1v) is 8.84. The van der Waals surface area contributed by atoms with Gasteiger partial charge in [0, 0.05) is 0 Å². The van der Waals surface area contributed by atoms with E-state index in [4.69, 9.17) is 15.2 Å². The summed E-state index contributed by atoms with van der Waals surface area (Å²) in [4.78, 5) is 11.3. The number of hydrogen-bond acceptors (Lipinski definition) is 4. The van der Waals surface area contributed by atoms with Crippen LogP contribution in [0.25, 0.3) is 0 Å². The Morgan fingerprint density at radius 2 is 1.57 bits per heavy atom. The SMILES string of the molecule is CCCCCCCCCCc1ccc(OC(=O)OC(C)N)cc1. The lowest BCUT2D eigenvalue weighted by molar-refractivity contribution is 0.0684. The van der Waals surface area contributed by atoms with Crippen LogP contribution in [0.15, 0.2) is 24.3 Å². The van der Waals surface area contributed by atoms with E-state index in [0.29, 0.717) is 5.75 Å². The number of rotatable bonds is 11. The fourth-order valence-corrected chi connectivity index (χ4v) is 2.46. The van der Waals surface area contributed by atoms with Crippen LogP contribution in [0.4, 0.5) is 4.79 Å². The van der Waals surface area contributed by atoms with Crippen molar-refractivity contribution in [3.05, 3.63) is 29.8 Å². The fourth-order valence-electron chi connectivity index (χ4n) is 2.46. The van der Waals surface area contributed by atoms with Gasteiger partial charge in [0.05, 0.1) is 0 Å². The number of hydrogen-bond donors (Lipinski definition) is 1. The molecule has 0 aromatic heterocycles. The first-order valence-electron chi connectivity index (χ1n) is 8.84. The molecule has 130 valence electrons. The summed E-state index contributed by atoms with van der Waals surface area (Å²) in [5.41, 5.74) is 6.63. The molecular formula is C19H31NO3. The first kappa shape index (κ1) is 19.5. The number of nitrogens with two attached hydrogens (primary N) is 1. The Balaban J connectivity index is 2.15. The minimum atomic E-state index is -0.768. The summed E-state index contributed by atoms with van der Waals surface area (Å²) in [5.74, 6) is 0.482. The van der Waals surface area contributed by atoms with Gasteiger partial charge in [-0.1, -0.05) is 64.0 Å². The average molecular weight is 321 g/mol. The second-order valence-corrected chi connectivity index (χ2v) is 6.04. The molecule has 0 bridgehead atoms. The number of unbranched alkanes of at least 4 members (excludes halogenated alkanes) is 7. The summed E-state index contributed by atoms with van der Waals surface area (Å²) >= 11 is 0. The molecule has 1 unspecified atom stereocenters. The van der Waals surface area contributed by atoms with E-state index < -0.39 is 12.4 Å². The third-order valence-electron chi connectivity index (χ3n) is 3.73. The van der Waals surface area contributed by atoms with Crippen molar-refractivity contribution in [1.29, 1.82) is 0 Å². The van der Waals surface area contributed by atoms with Crippen molar-refractivity contribution in [1.82, 2.24) is 0 Å². The van der Waals surface area contributed by atoms with Crippen LogP contribution in [0.2, 0.25) is 0 Å². The molecule has 0 heterocycles. The van der Waals surface area contributed by atoms with Crippen LogP contribution in [-0.2, 0) is 11.2 Å². The Bertz CT molecular complexity index is 429. The molecule has 0 amide bonds. The molecule has 0 radical (unpaired) electrons. The highest BCUT2D eigenvalue weighted by Crippen LogP contribution is 2.16. The third kappa shape index (κ3) is 9.95. The highest BCUT2D eigenvalue weighted by atomic mass is 16.7. The van der Waals surface area contributed by atoms with Gasteiger partial charge in [-0.15, -0.1) is 0 Å². The Morgan fingerprint density at radius 1 is 1.00 bits per heavy atom. The molecule has 2 N–H and O–H groups in total. The van der Waals surface area contributed by atoms with Gasteiger partial charge in [-0.05, 0) is 37.5 Å². The van der Waals surface area contributed by atoms with E-state index in [1.165, 1.54) is 56.9 Å². The van der Waals surface area contributed by atoms with Crippen molar-refractivity contribution < 1.29 is 14.3 Å². The van der Waals surface area contributed by atoms with Crippen molar-refractivity contribution in [3.8, 4) is 5.75 Å². The Labute approximate surface area is 140 Å². The van der Waals surface area contributed by atoms with Crippen molar-refractivity contribution in [2.75, 3.05) is 0 Å². The lowest BCUT2D eigenvalue weighted by Gasteiger charge is -2.08. The van der Waals surface area contributed by atoms with Crippen LogP contribution < -0.4 is 10.5 Å². The predicted molar refractivity (Wildman–Crippen MR) is 93.5 cm³/mol. The summed E-state index contributed by atoms with van der Waals surface area (Å²) in [6.45, 7) is 3.83. The molecule has 0 fully saturated rings. The monoisotopic (exact) mass is 321 g/mol. The number of carbonyl (C=O) groups is 1. The number of ether oxygens (including phenoxy) is 2. The molecule has 0 saturated carbocycles. The van der Waals surface area contributed by atoms with E-state index in [0.717, 1.165) is 6.42 Å². The normalized spacial score (nSPS) is 12.0. The highest BCUT2D eigenvalue weighted by Gasteiger charge is 2.08. The molecule has 0 aliphatic rings. The zero-order valence-electron chi connectivity index (χ0n) is 14.6. The molecule has 0 aliphatic carbocycles. The molecule has 0 spiro atoms. The zero-order valence-corrected chi connectivity index (χ0v) is 14.6. The lowest BCUT2D eigenvalue weighted by Crippen LogP contribution is -2.25. The molecule has 1 rings (SSSR count). The predicted octanol–water partition coefficient (Wildman–Crippen LogP) is 5.19. The van der Waals surface area contributed by atoms with Crippen LogP contribution in [-0.4, -0.2) is 12.4 Å². The van der Waals surface area contributed by atoms with Crippen molar-refractivity contribution in [3.63, 3.8) is 0 Å². The van der Waals surface area contributed by atoms with Gasteiger partial charge >= 0.3 is 6.16 Å². The smallest absolute Gasteiger partial charge is 0.415 e. The van der Waals surface area contributed by atoms with Crippen LogP contribution in [0.5, 0.6) is 5.75 Å². The third-order valence-corrected chi connectivity index (χ3v) is 3.73. The van der Waals surface area contributed by atoms with E-state index >= 15 is 0 Å². The van der Waals surface area contributed by atoms with Crippen LogP contribution in [0, 0.1) is 0 Å². The largest absolute Gasteiger partial charge is 0.515 e. The number of benzene rings is 1. The molecular weight excluding hydrogens is 290 g/mol. The maximum atomic E-state index is 11.3. The summed E-state index contributed by atoms with van der Waals surface area (Å²) in [7, 11) is 0. The van der Waals surface area contributed by atoms with Crippen LogP contribution in [0.3, 0.4) is 0 Å². The standard InChI is InChI=1S/C19H31NO3/c1-3-4-5-6-7-8-9-10-11-17-12-14-18(15-13-17)23-19(21)22-16(2)20/h12-16H,3-11,20H2,1-2H3. The molecule has 4 heteroatoms. The fraction of sp³-hybridized carbons (Fsp3) is 0.632. The maximum Gasteiger partial charge on any atom is 0.515 e. The second-order valence-electron chi connectivity index (χ2n) is 6.04. The Hall–Kier alpha value is -1.55. The van der Waals surface area contributed by atoms with Crippen molar-refractivity contribution in [2.45, 2.75) is 77.9 Å². The van der Waals surface area contributed by atoms with Crippen molar-refractivity contribution >= 4 is 6.16 Å². The van der Waals surface area contributed by atoms with E-state index in [-0.39, 0.29) is 0 Å². The first-order chi connectivity index (χ1) is 11.1. The van der Waals surface area contributed by atoms with E-state index in [2.05, 4.69) is 6.92 Å². The van der Waals surface area contributed by atoms with Gasteiger partial charge in [0.15, 0.2) is 6.23 Å². The summed E-state index contributed by atoms with van der Waals surface area (Å²) in [5, 5.41) is 0. The Kier molecular flexibility index (Phi) is 10.1. The molecule has 23 heavy (non-hydrogen) atoms. The molecule has 4 nitrogen and oxygen atoms in total. The van der Waals surface area contributed by atoms with Gasteiger partial charge < -0.3 is 9.47 Å². The number of carbonyl (C=O) groups excluding carboxylic acids is 1. The van der Waals surface area contributed by atoms with Gasteiger partial charge in [-0.3, -0.25) is 5.73 Å². The van der Waals surface area contributed by atoms with Gasteiger partial charge in [-0.25, -0.2) is 4.79 Å². The maximum absolute atomic E-state index is 11.3. The second kappa shape index (κ2) is 11.9. The van der Waals surface area contributed by atoms with Gasteiger partial charge in [0.2, 0.25) is 0 Å².